The Morgan fingerprint density at radius 3 is 2.91 bits per heavy atom. The molecule has 2 amide bonds. The van der Waals surface area contributed by atoms with Crippen LogP contribution in [0, 0.1) is 11.3 Å². The number of nitriles is 1. The lowest BCUT2D eigenvalue weighted by atomic mass is 10.3. The summed E-state index contributed by atoms with van der Waals surface area (Å²) in [5.41, 5.74) is 0.731. The van der Waals surface area contributed by atoms with Crippen LogP contribution in [0.25, 0.3) is 0 Å². The van der Waals surface area contributed by atoms with Crippen molar-refractivity contribution in [2.45, 2.75) is 30.0 Å². The third-order valence-electron chi connectivity index (χ3n) is 2.85. The van der Waals surface area contributed by atoms with Crippen LogP contribution in [0.4, 0.5) is 10.5 Å². The first-order valence-corrected chi connectivity index (χ1v) is 7.77. The minimum Gasteiger partial charge on any atom is -0.467 e. The quantitative estimate of drug-likeness (QED) is 0.790. The second kappa shape index (κ2) is 8.15. The number of urea groups is 1. The van der Waals surface area contributed by atoms with Gasteiger partial charge in [0.05, 0.1) is 24.6 Å². The molecule has 2 aromatic rings. The number of nitrogens with zero attached hydrogens (tertiary/aromatic N) is 1. The number of anilines is 1. The van der Waals surface area contributed by atoms with E-state index in [-0.39, 0.29) is 11.3 Å². The minimum atomic E-state index is -0.294. The summed E-state index contributed by atoms with van der Waals surface area (Å²) in [5.74, 6) is 0.695. The fourth-order valence-electron chi connectivity index (χ4n) is 1.81. The molecule has 0 bridgehead atoms. The first-order chi connectivity index (χ1) is 10.7. The fourth-order valence-corrected chi connectivity index (χ4v) is 2.80. The van der Waals surface area contributed by atoms with E-state index in [4.69, 9.17) is 9.68 Å². The summed E-state index contributed by atoms with van der Waals surface area (Å²) in [6, 6.07) is 13.0. The molecule has 0 radical (unpaired) electrons. The van der Waals surface area contributed by atoms with Gasteiger partial charge < -0.3 is 15.1 Å². The van der Waals surface area contributed by atoms with Gasteiger partial charge in [0.15, 0.2) is 0 Å². The van der Waals surface area contributed by atoms with Gasteiger partial charge in [-0.3, -0.25) is 0 Å². The van der Waals surface area contributed by atoms with Crippen molar-refractivity contribution in [3.8, 4) is 6.07 Å². The van der Waals surface area contributed by atoms with Gasteiger partial charge >= 0.3 is 6.03 Å². The molecule has 2 N–H and O–H groups in total. The molecule has 1 aromatic carbocycles. The van der Waals surface area contributed by atoms with Crippen molar-refractivity contribution in [2.75, 3.05) is 5.32 Å². The summed E-state index contributed by atoms with van der Waals surface area (Å²) in [6.07, 6.45) is 2.03. The molecule has 5 nitrogen and oxygen atoms in total. The Labute approximate surface area is 133 Å². The maximum Gasteiger partial charge on any atom is 0.319 e. The number of carbonyl (C=O) groups is 1. The Bertz CT molecular complexity index is 650. The number of amides is 2. The molecule has 1 aromatic heterocycles. The molecule has 1 heterocycles. The van der Waals surface area contributed by atoms with Gasteiger partial charge in [-0.2, -0.15) is 5.26 Å². The maximum absolute atomic E-state index is 11.9. The summed E-state index contributed by atoms with van der Waals surface area (Å²) >= 11 is 1.57. The van der Waals surface area contributed by atoms with Crippen molar-refractivity contribution >= 4 is 23.5 Å². The lowest BCUT2D eigenvalue weighted by Gasteiger charge is -2.13. The summed E-state index contributed by atoms with van der Waals surface area (Å²) in [5, 5.41) is 14.5. The van der Waals surface area contributed by atoms with Crippen molar-refractivity contribution in [1.29, 1.82) is 5.26 Å². The number of para-hydroxylation sites is 1. The van der Waals surface area contributed by atoms with Crippen LogP contribution in [0.15, 0.2) is 52.0 Å². The van der Waals surface area contributed by atoms with E-state index < -0.39 is 0 Å². The molecule has 2 rings (SSSR count). The lowest BCUT2D eigenvalue weighted by Crippen LogP contribution is -2.28. The molecule has 0 aliphatic carbocycles. The van der Waals surface area contributed by atoms with Gasteiger partial charge in [0.25, 0.3) is 0 Å². The molecule has 0 aliphatic heterocycles. The summed E-state index contributed by atoms with van der Waals surface area (Å²) in [4.78, 5) is 12.9. The predicted octanol–water partition coefficient (Wildman–Crippen LogP) is 4.00. The Balaban J connectivity index is 1.94. The zero-order valence-electron chi connectivity index (χ0n) is 12.2. The smallest absolute Gasteiger partial charge is 0.319 e. The summed E-state index contributed by atoms with van der Waals surface area (Å²) < 4.78 is 5.16. The van der Waals surface area contributed by atoms with Crippen molar-refractivity contribution in [1.82, 2.24) is 5.32 Å². The average molecular weight is 315 g/mol. The van der Waals surface area contributed by atoms with Gasteiger partial charge in [0.1, 0.15) is 5.76 Å². The zero-order valence-corrected chi connectivity index (χ0v) is 13.0. The standard InChI is InChI=1S/C16H17N3O2S/c1-12(8-9-17)22-15-7-3-2-6-14(15)19-16(20)18-11-13-5-4-10-21-13/h2-7,10,12H,8,11H2,1H3,(H2,18,19,20). The van der Waals surface area contributed by atoms with Crippen LogP contribution in [0.5, 0.6) is 0 Å². The second-order valence-corrected chi connectivity index (χ2v) is 6.15. The van der Waals surface area contributed by atoms with Crippen molar-refractivity contribution in [2.24, 2.45) is 0 Å². The number of hydrogen-bond acceptors (Lipinski definition) is 4. The van der Waals surface area contributed by atoms with Crippen LogP contribution in [-0.4, -0.2) is 11.3 Å². The number of benzene rings is 1. The number of hydrogen-bond donors (Lipinski definition) is 2. The predicted molar refractivity (Wildman–Crippen MR) is 86.6 cm³/mol. The molecule has 1 atom stereocenters. The van der Waals surface area contributed by atoms with Crippen LogP contribution in [0.3, 0.4) is 0 Å². The molecular weight excluding hydrogens is 298 g/mol. The van der Waals surface area contributed by atoms with E-state index in [2.05, 4.69) is 16.7 Å². The Morgan fingerprint density at radius 2 is 2.18 bits per heavy atom. The van der Waals surface area contributed by atoms with Crippen molar-refractivity contribution < 1.29 is 9.21 Å². The highest BCUT2D eigenvalue weighted by Gasteiger charge is 2.10. The third kappa shape index (κ3) is 4.86. The Hall–Kier alpha value is -2.39. The first-order valence-electron chi connectivity index (χ1n) is 6.89. The van der Waals surface area contributed by atoms with Crippen molar-refractivity contribution in [3.05, 3.63) is 48.4 Å². The van der Waals surface area contributed by atoms with E-state index in [1.165, 1.54) is 0 Å². The average Bonchev–Trinajstić information content (AvgIpc) is 3.01. The molecule has 0 aliphatic rings. The van der Waals surface area contributed by atoms with Crippen molar-refractivity contribution in [3.63, 3.8) is 0 Å². The topological polar surface area (TPSA) is 78.1 Å². The Morgan fingerprint density at radius 1 is 1.36 bits per heavy atom. The normalized spacial score (nSPS) is 11.5. The maximum atomic E-state index is 11.9. The number of carbonyl (C=O) groups excluding carboxylic acids is 1. The molecule has 0 saturated carbocycles. The summed E-state index contributed by atoms with van der Waals surface area (Å²) in [6.45, 7) is 2.32. The van der Waals surface area contributed by atoms with Crippen LogP contribution in [0.2, 0.25) is 0 Å². The molecule has 1 unspecified atom stereocenters. The summed E-state index contributed by atoms with van der Waals surface area (Å²) in [7, 11) is 0. The molecule has 114 valence electrons. The number of nitrogens with one attached hydrogen (secondary N) is 2. The number of furan rings is 1. The van der Waals surface area contributed by atoms with E-state index >= 15 is 0 Å². The van der Waals surface area contributed by atoms with E-state index in [1.807, 2.05) is 31.2 Å². The highest BCUT2D eigenvalue weighted by molar-refractivity contribution is 8.00. The largest absolute Gasteiger partial charge is 0.467 e. The third-order valence-corrected chi connectivity index (χ3v) is 4.02. The van der Waals surface area contributed by atoms with Gasteiger partial charge in [-0.15, -0.1) is 11.8 Å². The van der Waals surface area contributed by atoms with Gasteiger partial charge in [-0.05, 0) is 24.3 Å². The van der Waals surface area contributed by atoms with Gasteiger partial charge in [0, 0.05) is 16.6 Å². The fraction of sp³-hybridized carbons (Fsp3) is 0.250. The van der Waals surface area contributed by atoms with Gasteiger partial charge in [0.2, 0.25) is 0 Å². The molecule has 22 heavy (non-hydrogen) atoms. The zero-order chi connectivity index (χ0) is 15.8. The first kappa shape index (κ1) is 16.0. The molecular formula is C16H17N3O2S. The molecule has 0 spiro atoms. The van der Waals surface area contributed by atoms with Gasteiger partial charge in [-0.25, -0.2) is 4.79 Å². The second-order valence-electron chi connectivity index (χ2n) is 4.67. The SMILES string of the molecule is CC(CC#N)Sc1ccccc1NC(=O)NCc1ccco1. The number of rotatable bonds is 6. The molecule has 6 heteroatoms. The highest BCUT2D eigenvalue weighted by atomic mass is 32.2. The highest BCUT2D eigenvalue weighted by Crippen LogP contribution is 2.31. The van der Waals surface area contributed by atoms with Crippen LogP contribution >= 0.6 is 11.8 Å². The number of thioether (sulfide) groups is 1. The molecule has 0 fully saturated rings. The van der Waals surface area contributed by atoms with E-state index in [1.54, 1.807) is 30.2 Å². The van der Waals surface area contributed by atoms with E-state index in [0.29, 0.717) is 18.7 Å². The monoisotopic (exact) mass is 315 g/mol. The van der Waals surface area contributed by atoms with Crippen LogP contribution in [0.1, 0.15) is 19.1 Å². The Kier molecular flexibility index (Phi) is 5.92. The minimum absolute atomic E-state index is 0.166. The van der Waals surface area contributed by atoms with Crippen LogP contribution in [-0.2, 0) is 6.54 Å². The molecule has 0 saturated heterocycles. The van der Waals surface area contributed by atoms with Crippen LogP contribution < -0.4 is 10.6 Å². The lowest BCUT2D eigenvalue weighted by molar-refractivity contribution is 0.250. The van der Waals surface area contributed by atoms with E-state index in [9.17, 15) is 4.79 Å². The van der Waals surface area contributed by atoms with Gasteiger partial charge in [-0.1, -0.05) is 19.1 Å². The van der Waals surface area contributed by atoms with E-state index in [0.717, 1.165) is 10.6 Å².